The molecule has 0 bridgehead atoms. The second-order valence-corrected chi connectivity index (χ2v) is 6.91. The van der Waals surface area contributed by atoms with Gasteiger partial charge in [0.2, 0.25) is 0 Å². The van der Waals surface area contributed by atoms with Gasteiger partial charge in [0, 0.05) is 0 Å². The van der Waals surface area contributed by atoms with Crippen LogP contribution in [-0.4, -0.2) is 30.6 Å². The molecule has 0 aromatic heterocycles. The molecular formula is C21H24N2O4. The van der Waals surface area contributed by atoms with Crippen LogP contribution in [-0.2, 0) is 9.53 Å². The summed E-state index contributed by atoms with van der Waals surface area (Å²) in [5.41, 5.74) is -0.805. The quantitative estimate of drug-likeness (QED) is 0.789. The molecular weight excluding hydrogens is 344 g/mol. The standard InChI is InChI=1S/C21H24N2O4/c1-13(2)21(4,12-22)23-19(24)14(3)27-20(25)17-10-15-8-6-7-9-16(15)11-18(17)26-5/h6-11,13-14H,1-5H3,(H,23,24)/t14-,21-/m0/s1. The van der Waals surface area contributed by atoms with E-state index in [1.807, 2.05) is 38.1 Å². The zero-order valence-corrected chi connectivity index (χ0v) is 16.2. The molecule has 2 aromatic carbocycles. The summed E-state index contributed by atoms with van der Waals surface area (Å²) in [5.74, 6) is -0.922. The van der Waals surface area contributed by atoms with E-state index in [9.17, 15) is 14.9 Å². The van der Waals surface area contributed by atoms with Gasteiger partial charge < -0.3 is 14.8 Å². The topological polar surface area (TPSA) is 88.4 Å². The minimum absolute atomic E-state index is 0.102. The minimum atomic E-state index is -1.06. The third-order valence-electron chi connectivity index (χ3n) is 4.71. The number of ether oxygens (including phenoxy) is 2. The van der Waals surface area contributed by atoms with E-state index in [-0.39, 0.29) is 11.5 Å². The lowest BCUT2D eigenvalue weighted by Gasteiger charge is -2.28. The Morgan fingerprint density at radius 1 is 1.15 bits per heavy atom. The summed E-state index contributed by atoms with van der Waals surface area (Å²) in [6, 6.07) is 13.1. The Hall–Kier alpha value is -3.07. The van der Waals surface area contributed by atoms with Crippen molar-refractivity contribution in [3.05, 3.63) is 42.0 Å². The van der Waals surface area contributed by atoms with Crippen molar-refractivity contribution in [2.24, 2.45) is 5.92 Å². The van der Waals surface area contributed by atoms with Crippen LogP contribution in [0.15, 0.2) is 36.4 Å². The molecule has 27 heavy (non-hydrogen) atoms. The fourth-order valence-electron chi connectivity index (χ4n) is 2.48. The van der Waals surface area contributed by atoms with Gasteiger partial charge in [-0.15, -0.1) is 0 Å². The summed E-state index contributed by atoms with van der Waals surface area (Å²) in [6.45, 7) is 6.77. The fraction of sp³-hybridized carbons (Fsp3) is 0.381. The summed E-state index contributed by atoms with van der Waals surface area (Å²) in [6.07, 6.45) is -1.06. The smallest absolute Gasteiger partial charge is 0.342 e. The maximum absolute atomic E-state index is 12.6. The van der Waals surface area contributed by atoms with Crippen LogP contribution >= 0.6 is 0 Å². The minimum Gasteiger partial charge on any atom is -0.496 e. The number of nitriles is 1. The zero-order valence-electron chi connectivity index (χ0n) is 16.2. The first-order chi connectivity index (χ1) is 12.7. The van der Waals surface area contributed by atoms with Gasteiger partial charge in [-0.3, -0.25) is 4.79 Å². The molecule has 0 fully saturated rings. The second-order valence-electron chi connectivity index (χ2n) is 6.91. The van der Waals surface area contributed by atoms with Gasteiger partial charge in [0.25, 0.3) is 5.91 Å². The molecule has 2 atom stereocenters. The largest absolute Gasteiger partial charge is 0.496 e. The van der Waals surface area contributed by atoms with E-state index in [0.717, 1.165) is 10.8 Å². The van der Waals surface area contributed by atoms with E-state index in [1.165, 1.54) is 14.0 Å². The van der Waals surface area contributed by atoms with Crippen LogP contribution in [0.5, 0.6) is 5.75 Å². The molecule has 6 nitrogen and oxygen atoms in total. The van der Waals surface area contributed by atoms with Crippen molar-refractivity contribution in [3.63, 3.8) is 0 Å². The van der Waals surface area contributed by atoms with Crippen molar-refractivity contribution in [2.75, 3.05) is 7.11 Å². The van der Waals surface area contributed by atoms with Gasteiger partial charge in [-0.2, -0.15) is 5.26 Å². The van der Waals surface area contributed by atoms with Crippen LogP contribution in [0.4, 0.5) is 0 Å². The maximum atomic E-state index is 12.6. The number of amides is 1. The van der Waals surface area contributed by atoms with Gasteiger partial charge in [-0.1, -0.05) is 38.1 Å². The Morgan fingerprint density at radius 2 is 1.74 bits per heavy atom. The average molecular weight is 368 g/mol. The Bertz CT molecular complexity index is 901. The van der Waals surface area contributed by atoms with Crippen LogP contribution < -0.4 is 10.1 Å². The summed E-state index contributed by atoms with van der Waals surface area (Å²) in [5, 5.41) is 13.8. The van der Waals surface area contributed by atoms with Crippen molar-refractivity contribution < 1.29 is 19.1 Å². The Morgan fingerprint density at radius 3 is 2.26 bits per heavy atom. The highest BCUT2D eigenvalue weighted by Gasteiger charge is 2.33. The number of nitrogens with one attached hydrogen (secondary N) is 1. The third-order valence-corrected chi connectivity index (χ3v) is 4.71. The van der Waals surface area contributed by atoms with E-state index in [4.69, 9.17) is 9.47 Å². The predicted octanol–water partition coefficient (Wildman–Crippen LogP) is 3.45. The molecule has 0 aliphatic carbocycles. The number of nitrogens with zero attached hydrogens (tertiary/aromatic N) is 1. The molecule has 0 radical (unpaired) electrons. The molecule has 2 aromatic rings. The molecule has 0 spiro atoms. The average Bonchev–Trinajstić information content (AvgIpc) is 2.66. The molecule has 0 aliphatic heterocycles. The maximum Gasteiger partial charge on any atom is 0.342 e. The van der Waals surface area contributed by atoms with Gasteiger partial charge >= 0.3 is 5.97 Å². The zero-order chi connectivity index (χ0) is 20.2. The highest BCUT2D eigenvalue weighted by Crippen LogP contribution is 2.27. The first-order valence-electron chi connectivity index (χ1n) is 8.73. The highest BCUT2D eigenvalue weighted by atomic mass is 16.5. The fourth-order valence-corrected chi connectivity index (χ4v) is 2.48. The number of esters is 1. The number of methoxy groups -OCH3 is 1. The number of carbonyl (C=O) groups is 2. The predicted molar refractivity (Wildman–Crippen MR) is 102 cm³/mol. The Labute approximate surface area is 159 Å². The third kappa shape index (κ3) is 4.37. The van der Waals surface area contributed by atoms with Crippen molar-refractivity contribution in [3.8, 4) is 11.8 Å². The van der Waals surface area contributed by atoms with E-state index in [0.29, 0.717) is 5.75 Å². The number of rotatable bonds is 6. The molecule has 6 heteroatoms. The second kappa shape index (κ2) is 8.09. The summed E-state index contributed by atoms with van der Waals surface area (Å²) < 4.78 is 10.6. The van der Waals surface area contributed by atoms with Crippen molar-refractivity contribution in [1.82, 2.24) is 5.32 Å². The SMILES string of the molecule is COc1cc2ccccc2cc1C(=O)O[C@@H](C)C(=O)N[C@@](C)(C#N)C(C)C. The lowest BCUT2D eigenvalue weighted by molar-refractivity contribution is -0.130. The molecule has 2 rings (SSSR count). The number of fused-ring (bicyclic) bond motifs is 1. The molecule has 0 unspecified atom stereocenters. The van der Waals surface area contributed by atoms with Gasteiger partial charge in [-0.25, -0.2) is 4.79 Å². The number of hydrogen-bond acceptors (Lipinski definition) is 5. The molecule has 142 valence electrons. The lowest BCUT2D eigenvalue weighted by Crippen LogP contribution is -2.52. The summed E-state index contributed by atoms with van der Waals surface area (Å²) >= 11 is 0. The number of hydrogen-bond donors (Lipinski definition) is 1. The van der Waals surface area contributed by atoms with Crippen molar-refractivity contribution in [1.29, 1.82) is 5.26 Å². The van der Waals surface area contributed by atoms with E-state index in [2.05, 4.69) is 11.4 Å². The molecule has 0 aliphatic rings. The lowest BCUT2D eigenvalue weighted by atomic mass is 9.90. The Balaban J connectivity index is 2.20. The highest BCUT2D eigenvalue weighted by molar-refractivity contribution is 5.99. The van der Waals surface area contributed by atoms with Crippen LogP contribution in [0.3, 0.4) is 0 Å². The van der Waals surface area contributed by atoms with Gasteiger partial charge in [0.05, 0.1) is 13.2 Å². The Kier molecular flexibility index (Phi) is 6.06. The van der Waals surface area contributed by atoms with E-state index < -0.39 is 23.5 Å². The first kappa shape index (κ1) is 20.2. The normalized spacial score (nSPS) is 14.1. The molecule has 0 saturated heterocycles. The number of carbonyl (C=O) groups excluding carboxylic acids is 2. The van der Waals surface area contributed by atoms with Crippen molar-refractivity contribution >= 4 is 22.6 Å². The van der Waals surface area contributed by atoms with E-state index in [1.54, 1.807) is 19.1 Å². The first-order valence-corrected chi connectivity index (χ1v) is 8.73. The van der Waals surface area contributed by atoms with E-state index >= 15 is 0 Å². The number of benzene rings is 2. The molecule has 1 N–H and O–H groups in total. The van der Waals surface area contributed by atoms with Crippen molar-refractivity contribution in [2.45, 2.75) is 39.3 Å². The van der Waals surface area contributed by atoms with Crippen LogP contribution in [0, 0.1) is 17.2 Å². The summed E-state index contributed by atoms with van der Waals surface area (Å²) in [7, 11) is 1.47. The van der Waals surface area contributed by atoms with Gasteiger partial charge in [0.15, 0.2) is 6.10 Å². The van der Waals surface area contributed by atoms with Crippen LogP contribution in [0.2, 0.25) is 0 Å². The monoisotopic (exact) mass is 368 g/mol. The molecule has 1 amide bonds. The molecule has 0 heterocycles. The van der Waals surface area contributed by atoms with Crippen LogP contribution in [0.1, 0.15) is 38.1 Å². The van der Waals surface area contributed by atoms with Crippen LogP contribution in [0.25, 0.3) is 10.8 Å². The molecule has 0 saturated carbocycles. The summed E-state index contributed by atoms with van der Waals surface area (Å²) in [4.78, 5) is 25.0. The van der Waals surface area contributed by atoms with Gasteiger partial charge in [-0.05, 0) is 42.7 Å². The van der Waals surface area contributed by atoms with Gasteiger partial charge in [0.1, 0.15) is 16.9 Å².